The van der Waals surface area contributed by atoms with E-state index in [0.29, 0.717) is 77.3 Å². The topological polar surface area (TPSA) is 717 Å². The number of aliphatic carboxylic acids is 1. The molecule has 15 unspecified atom stereocenters. The van der Waals surface area contributed by atoms with E-state index in [1.807, 2.05) is 0 Å². The van der Waals surface area contributed by atoms with Gasteiger partial charge in [0, 0.05) is 121 Å². The molecule has 46 heteroatoms. The number of aliphatic hydroxyl groups excluding tert-OH is 1. The molecule has 780 valence electrons. The Labute approximate surface area is 850 Å². The van der Waals surface area contributed by atoms with Gasteiger partial charge in [0.2, 0.25) is 106 Å². The van der Waals surface area contributed by atoms with E-state index >= 15 is 33.6 Å². The number of hydrogen-bond donors (Lipinski definition) is 25. The standard InChI is InChI=1S/C103H115N23O23/c1-54-102(147)126-35-15-26-83(126)100(145)123-81(46-86(132)110-51-87(133)114-79(44-84(104)130)97(142)119-77(41-61-48-108-70-24-13-10-21-67(61)70)96(141)121-78(43-63-50-106-53-112-63)90(135)111-52-88(134)125-89(55(2)127)101(146)113-54)99(144)120-76(40-60-47-107-69-23-12-9-20-66(60)69)95(140)117-72(36-56-16-5-3-6-17-56)91(136)115-73(37-57-18-7-4-8-19-57)93(138)122-80(45-85(105)131)98(143)118-74(38-58-27-31-64(128)32-28-58)92(137)116-75(39-59-29-33-65(129)34-30-59)94(139)124-82(103(148)149)42-62-49-109-71-25-14-11-22-68(62)71/h3-14,16-25,27-34,47-50,53-55,72-83,89,107-109,127-129H,15,26,35-46,51-52H2,1-2H3,(H2,104,130)(H2,105,131)(H,106,112)(H,110,132)(H,111,135)(H,113,146)(H,114,133)(H,115,136)(H,116,137)(H,117,140)(H,118,143)(H,119,142)(H,120,144)(H,121,141)(H,122,138)(H,123,145)(H,124,139)(H,125,134)(H,148,149). The van der Waals surface area contributed by atoms with Crippen LogP contribution in [0, 0.1) is 0 Å². The average molecular weight is 2040 g/mol. The summed E-state index contributed by atoms with van der Waals surface area (Å²) in [4.78, 5) is 294. The number of carbonyl (C=O) groups excluding carboxylic acids is 18. The molecule has 46 nitrogen and oxygen atoms in total. The number of carboxylic acid groups (broad SMARTS) is 1. The lowest BCUT2D eigenvalue weighted by Gasteiger charge is -2.30. The number of aromatic amines is 4. The maximum Gasteiger partial charge on any atom is 0.326 e. The number of nitrogens with one attached hydrogen (secondary N) is 19. The zero-order valence-electron chi connectivity index (χ0n) is 80.8. The van der Waals surface area contributed by atoms with Crippen LogP contribution in [-0.2, 0) is 142 Å². The van der Waals surface area contributed by atoms with Crippen LogP contribution in [0.15, 0.2) is 213 Å². The Morgan fingerprint density at radius 1 is 0.423 bits per heavy atom. The van der Waals surface area contributed by atoms with Gasteiger partial charge in [0.25, 0.3) is 0 Å². The van der Waals surface area contributed by atoms with Gasteiger partial charge in [0.1, 0.15) is 96.1 Å². The fourth-order valence-corrected chi connectivity index (χ4v) is 17.5. The van der Waals surface area contributed by atoms with E-state index < -0.39 is 255 Å². The zero-order valence-corrected chi connectivity index (χ0v) is 80.8. The summed E-state index contributed by atoms with van der Waals surface area (Å²) < 4.78 is 0. The van der Waals surface area contributed by atoms with E-state index in [0.717, 1.165) is 11.8 Å². The zero-order chi connectivity index (χ0) is 107. The molecule has 2 saturated heterocycles. The molecule has 149 heavy (non-hydrogen) atoms. The Morgan fingerprint density at radius 2 is 0.846 bits per heavy atom. The molecule has 0 aliphatic carbocycles. The second-order valence-corrected chi connectivity index (χ2v) is 36.4. The van der Waals surface area contributed by atoms with Gasteiger partial charge in [-0.15, -0.1) is 0 Å². The first-order valence-electron chi connectivity index (χ1n) is 47.9. The number of fused-ring (bicyclic) bond motifs is 4. The van der Waals surface area contributed by atoms with Crippen LogP contribution in [0.1, 0.15) is 90.6 Å². The summed E-state index contributed by atoms with van der Waals surface area (Å²) in [7, 11) is 0. The molecule has 18 amide bonds. The number of primary amides is 2. The molecular weight excluding hydrogens is 1930 g/mol. The summed E-state index contributed by atoms with van der Waals surface area (Å²) in [5, 5.41) is 81.7. The largest absolute Gasteiger partial charge is 0.508 e. The molecule has 11 aromatic rings. The van der Waals surface area contributed by atoms with Gasteiger partial charge >= 0.3 is 5.97 Å². The average Bonchev–Trinajstić information content (AvgIpc) is 1.73. The predicted octanol–water partition coefficient (Wildman–Crippen LogP) is -2.33. The Morgan fingerprint density at radius 3 is 1.32 bits per heavy atom. The van der Waals surface area contributed by atoms with Crippen molar-refractivity contribution in [1.82, 2.24) is 110 Å². The third-order valence-electron chi connectivity index (χ3n) is 25.3. The Balaban J connectivity index is 0.784. The highest BCUT2D eigenvalue weighted by Gasteiger charge is 2.43. The minimum atomic E-state index is -2.11. The number of rotatable bonds is 36. The lowest BCUT2D eigenvalue weighted by atomic mass is 10.00. The highest BCUT2D eigenvalue weighted by molar-refractivity contribution is 6.04. The van der Waals surface area contributed by atoms with Crippen molar-refractivity contribution in [3.63, 3.8) is 0 Å². The number of aromatic nitrogens is 5. The highest BCUT2D eigenvalue weighted by Crippen LogP contribution is 2.27. The minimum absolute atomic E-state index is 0.115. The number of H-pyrrole nitrogens is 4. The van der Waals surface area contributed by atoms with Crippen molar-refractivity contribution in [3.8, 4) is 11.5 Å². The number of carboxylic acids is 1. The molecule has 0 radical (unpaired) electrons. The highest BCUT2D eigenvalue weighted by atomic mass is 16.4. The molecule has 27 N–H and O–H groups in total. The molecule has 2 aliphatic heterocycles. The van der Waals surface area contributed by atoms with E-state index in [4.69, 9.17) is 11.5 Å². The van der Waals surface area contributed by atoms with Gasteiger partial charge in [-0.05, 0) is 108 Å². The Hall–Kier alpha value is -18.1. The summed E-state index contributed by atoms with van der Waals surface area (Å²) in [6, 6.07) is 23.2. The van der Waals surface area contributed by atoms with Gasteiger partial charge < -0.3 is 136 Å². The van der Waals surface area contributed by atoms with Gasteiger partial charge in [0.15, 0.2) is 0 Å². The Bertz CT molecular complexity index is 6740. The van der Waals surface area contributed by atoms with Crippen molar-refractivity contribution >= 4 is 145 Å². The van der Waals surface area contributed by atoms with Gasteiger partial charge in [-0.3, -0.25) is 86.3 Å². The van der Waals surface area contributed by atoms with Crippen molar-refractivity contribution in [1.29, 1.82) is 0 Å². The fraction of sp³-hybridized carbons (Fsp3) is 0.320. The monoisotopic (exact) mass is 2040 g/mol. The molecule has 6 heterocycles. The first-order chi connectivity index (χ1) is 71.4. The number of phenolic OH excluding ortho intramolecular Hbond substituents is 2. The number of aromatic hydroxyl groups is 2. The number of carbonyl (C=O) groups is 19. The van der Waals surface area contributed by atoms with Gasteiger partial charge in [0.05, 0.1) is 44.8 Å². The van der Waals surface area contributed by atoms with Gasteiger partial charge in [-0.2, -0.15) is 0 Å². The van der Waals surface area contributed by atoms with Crippen LogP contribution in [0.2, 0.25) is 0 Å². The van der Waals surface area contributed by atoms with Crippen LogP contribution in [0.5, 0.6) is 11.5 Å². The first-order valence-corrected chi connectivity index (χ1v) is 47.9. The van der Waals surface area contributed by atoms with Gasteiger partial charge in [-0.25, -0.2) is 9.78 Å². The number of phenols is 2. The number of amides is 18. The van der Waals surface area contributed by atoms with Crippen LogP contribution in [-0.4, -0.2) is 273 Å². The Kier molecular flexibility index (Phi) is 36.9. The van der Waals surface area contributed by atoms with Crippen LogP contribution in [0.3, 0.4) is 0 Å². The summed E-state index contributed by atoms with van der Waals surface area (Å²) in [5.74, 6) is -21.9. The third kappa shape index (κ3) is 30.3. The summed E-state index contributed by atoms with van der Waals surface area (Å²) in [6.07, 6.45) is -0.277. The second-order valence-electron chi connectivity index (χ2n) is 36.4. The molecule has 4 aromatic heterocycles. The predicted molar refractivity (Wildman–Crippen MR) is 535 cm³/mol. The van der Waals surface area contributed by atoms with Crippen molar-refractivity contribution in [3.05, 3.63) is 258 Å². The third-order valence-corrected chi connectivity index (χ3v) is 25.3. The second kappa shape index (κ2) is 50.9. The maximum atomic E-state index is 15.9. The van der Waals surface area contributed by atoms with Crippen LogP contribution in [0.4, 0.5) is 0 Å². The first kappa shape index (κ1) is 108. The van der Waals surface area contributed by atoms with Crippen LogP contribution in [0.25, 0.3) is 32.7 Å². The van der Waals surface area contributed by atoms with Crippen molar-refractivity contribution in [2.75, 3.05) is 19.6 Å². The van der Waals surface area contributed by atoms with E-state index in [-0.39, 0.29) is 63.0 Å². The molecule has 0 bridgehead atoms. The summed E-state index contributed by atoms with van der Waals surface area (Å²) in [5.41, 5.74) is 16.4. The quantitative estimate of drug-likeness (QED) is 0.0196. The molecule has 2 fully saturated rings. The van der Waals surface area contributed by atoms with E-state index in [9.17, 15) is 78.0 Å². The lowest BCUT2D eigenvalue weighted by Crippen LogP contribution is -2.62. The lowest BCUT2D eigenvalue weighted by molar-refractivity contribution is -0.143. The molecule has 7 aromatic carbocycles. The van der Waals surface area contributed by atoms with Crippen molar-refractivity contribution in [2.45, 2.75) is 188 Å². The van der Waals surface area contributed by atoms with E-state index in [2.05, 4.69) is 105 Å². The maximum absolute atomic E-state index is 15.9. The SMILES string of the molecule is CC1NC(=O)C(C(C)O)NC(=O)CNC(=O)C(Cc2cnc[nH]2)NC(=O)C(Cc2c[nH]c3ccccc23)NC(=O)C(CC(N)=O)NC(=O)CNC(=O)CC(C(=O)NC(Cc2c[nH]c3ccccc23)C(=O)NC(Cc2ccccc2)C(=O)NC(Cc2ccccc2)C(=O)NC(CC(N)=O)C(=O)NC(Cc2ccc(O)cc2)C(=O)NC(Cc2ccc(O)cc2)C(=O)NC(Cc2c[nH]c3ccccc23)C(=O)O)NC(=O)C2CCCN2C1=O. The minimum Gasteiger partial charge on any atom is -0.508 e. The molecule has 0 saturated carbocycles. The van der Waals surface area contributed by atoms with Crippen molar-refractivity contribution < 1.29 is 112 Å². The molecule has 2 aliphatic rings. The number of imidazole rings is 1. The number of benzene rings is 7. The summed E-state index contributed by atoms with van der Waals surface area (Å²) >= 11 is 0. The van der Waals surface area contributed by atoms with E-state index in [1.165, 1.54) is 74.2 Å². The molecule has 0 spiro atoms. The van der Waals surface area contributed by atoms with Crippen LogP contribution < -0.4 is 91.2 Å². The number of nitrogens with two attached hydrogens (primary N) is 2. The molecular formula is C103H115N23O23. The molecule has 15 atom stereocenters. The van der Waals surface area contributed by atoms with Crippen LogP contribution >= 0.6 is 0 Å². The number of aliphatic hydroxyl groups is 1. The summed E-state index contributed by atoms with van der Waals surface area (Å²) in [6.45, 7) is 0.273. The van der Waals surface area contributed by atoms with Gasteiger partial charge in [-0.1, -0.05) is 140 Å². The van der Waals surface area contributed by atoms with Crippen molar-refractivity contribution in [2.24, 2.45) is 11.5 Å². The number of hydrogen-bond acceptors (Lipinski definition) is 23. The normalized spacial score (nSPS) is 19.1. The fourth-order valence-electron chi connectivity index (χ4n) is 17.5. The molecule has 13 rings (SSSR count). The number of para-hydroxylation sites is 3. The smallest absolute Gasteiger partial charge is 0.326 e. The number of nitrogens with zero attached hydrogens (tertiary/aromatic N) is 2. The van der Waals surface area contributed by atoms with E-state index in [1.54, 1.807) is 146 Å².